The van der Waals surface area contributed by atoms with Gasteiger partial charge in [0.25, 0.3) is 0 Å². The zero-order valence-corrected chi connectivity index (χ0v) is 24.3. The Morgan fingerprint density at radius 2 is 1.11 bits per heavy atom. The van der Waals surface area contributed by atoms with Crippen LogP contribution in [0.2, 0.25) is 0 Å². The van der Waals surface area contributed by atoms with Crippen LogP contribution in [-0.4, -0.2) is 14.5 Å². The molecule has 0 amide bonds. The van der Waals surface area contributed by atoms with Crippen molar-refractivity contribution in [3.63, 3.8) is 0 Å². The first-order valence-electron chi connectivity index (χ1n) is 14.8. The second kappa shape index (κ2) is 8.96. The number of hydrogen-bond donors (Lipinski definition) is 0. The van der Waals surface area contributed by atoms with E-state index in [9.17, 15) is 0 Å². The Labute approximate surface area is 256 Å². The maximum Gasteiger partial charge on any atom is 0.235 e. The molecule has 0 aliphatic heterocycles. The Morgan fingerprint density at radius 1 is 0.455 bits per heavy atom. The lowest BCUT2D eigenvalue weighted by atomic mass is 9.99. The topological polar surface area (TPSA) is 30.7 Å². The minimum atomic E-state index is 0.683. The van der Waals surface area contributed by atoms with Crippen molar-refractivity contribution in [3.8, 4) is 17.2 Å². The molecule has 0 aliphatic carbocycles. The molecule has 0 radical (unpaired) electrons. The van der Waals surface area contributed by atoms with E-state index < -0.39 is 0 Å². The molecule has 204 valence electrons. The fourth-order valence-corrected chi connectivity index (χ4v) is 8.11. The SMILES string of the molecule is c1ccc2cc3c(cc2c1)sc1cccc(-c2nc(-n4c5ccccc5c5cc6ccccc6cc54)nc4ccccc24)c13. The normalized spacial score (nSPS) is 12.1. The van der Waals surface area contributed by atoms with Gasteiger partial charge in [-0.3, -0.25) is 4.57 Å². The van der Waals surface area contributed by atoms with E-state index >= 15 is 0 Å². The Balaban J connectivity index is 1.33. The maximum absolute atomic E-state index is 5.45. The molecule has 0 unspecified atom stereocenters. The van der Waals surface area contributed by atoms with Gasteiger partial charge in [-0.1, -0.05) is 97.1 Å². The van der Waals surface area contributed by atoms with Crippen LogP contribution < -0.4 is 0 Å². The number of para-hydroxylation sites is 2. The highest BCUT2D eigenvalue weighted by Gasteiger charge is 2.20. The standard InChI is InChI=1S/C40H23N3S/c1-3-12-26-22-35-31(20-24(26)10-1)28-14-6-8-18-34(28)43(35)40-41-33-17-7-5-15-29(33)39(42-40)30-16-9-19-36-38(30)32-21-25-11-2-4-13-27(25)23-37(32)44-36/h1-23H. The number of thiophene rings is 1. The van der Waals surface area contributed by atoms with Gasteiger partial charge in [0.05, 0.1) is 22.2 Å². The summed E-state index contributed by atoms with van der Waals surface area (Å²) in [5, 5.41) is 10.9. The van der Waals surface area contributed by atoms with Gasteiger partial charge in [-0.2, -0.15) is 0 Å². The summed E-state index contributed by atoms with van der Waals surface area (Å²) in [6.45, 7) is 0. The van der Waals surface area contributed by atoms with Crippen LogP contribution in [0.3, 0.4) is 0 Å². The van der Waals surface area contributed by atoms with Gasteiger partial charge in [0.15, 0.2) is 0 Å². The predicted octanol–water partition coefficient (Wildman–Crippen LogP) is 11.1. The van der Waals surface area contributed by atoms with Gasteiger partial charge in [0, 0.05) is 41.9 Å². The van der Waals surface area contributed by atoms with E-state index in [0.29, 0.717) is 5.95 Å². The van der Waals surface area contributed by atoms with Crippen molar-refractivity contribution < 1.29 is 0 Å². The number of aromatic nitrogens is 3. The molecule has 0 saturated heterocycles. The van der Waals surface area contributed by atoms with E-state index in [2.05, 4.69) is 144 Å². The summed E-state index contributed by atoms with van der Waals surface area (Å²) in [6.07, 6.45) is 0. The highest BCUT2D eigenvalue weighted by Crippen LogP contribution is 2.43. The Hall–Kier alpha value is -5.58. The van der Waals surface area contributed by atoms with Crippen molar-refractivity contribution >= 4 is 85.8 Å². The molecule has 0 bridgehead atoms. The van der Waals surface area contributed by atoms with E-state index in [1.165, 1.54) is 52.5 Å². The summed E-state index contributed by atoms with van der Waals surface area (Å²) >= 11 is 1.85. The van der Waals surface area contributed by atoms with Crippen LogP contribution in [0, 0.1) is 0 Å². The molecule has 0 saturated carbocycles. The molecule has 0 fully saturated rings. The van der Waals surface area contributed by atoms with E-state index in [4.69, 9.17) is 9.97 Å². The third kappa shape index (κ3) is 3.37. The fourth-order valence-electron chi connectivity index (χ4n) is 6.95. The first kappa shape index (κ1) is 23.9. The Kier molecular flexibility index (Phi) is 4.87. The lowest BCUT2D eigenvalue weighted by Gasteiger charge is -2.13. The summed E-state index contributed by atoms with van der Waals surface area (Å²) in [6, 6.07) is 50.0. The van der Waals surface area contributed by atoms with Crippen molar-refractivity contribution in [3.05, 3.63) is 140 Å². The molecular formula is C40H23N3S. The van der Waals surface area contributed by atoms with Crippen LogP contribution in [-0.2, 0) is 0 Å². The second-order valence-electron chi connectivity index (χ2n) is 11.4. The van der Waals surface area contributed by atoms with Crippen LogP contribution in [0.1, 0.15) is 0 Å². The van der Waals surface area contributed by atoms with Gasteiger partial charge >= 0.3 is 0 Å². The van der Waals surface area contributed by atoms with Gasteiger partial charge in [-0.25, -0.2) is 9.97 Å². The molecule has 0 spiro atoms. The zero-order valence-electron chi connectivity index (χ0n) is 23.5. The summed E-state index contributed by atoms with van der Waals surface area (Å²) < 4.78 is 4.80. The minimum absolute atomic E-state index is 0.683. The molecule has 7 aromatic carbocycles. The molecule has 0 aliphatic rings. The molecule has 0 atom stereocenters. The summed E-state index contributed by atoms with van der Waals surface area (Å²) in [5.41, 5.74) is 5.23. The van der Waals surface area contributed by atoms with Crippen LogP contribution in [0.5, 0.6) is 0 Å². The fraction of sp³-hybridized carbons (Fsp3) is 0. The highest BCUT2D eigenvalue weighted by atomic mass is 32.1. The Morgan fingerprint density at radius 3 is 1.93 bits per heavy atom. The molecule has 4 heteroatoms. The van der Waals surface area contributed by atoms with Gasteiger partial charge in [0.2, 0.25) is 5.95 Å². The quantitative estimate of drug-likeness (QED) is 0.205. The number of benzene rings is 7. The second-order valence-corrected chi connectivity index (χ2v) is 12.5. The lowest BCUT2D eigenvalue weighted by Crippen LogP contribution is -2.03. The van der Waals surface area contributed by atoms with Crippen molar-refractivity contribution in [2.45, 2.75) is 0 Å². The summed E-state index contributed by atoms with van der Waals surface area (Å²) in [4.78, 5) is 10.7. The highest BCUT2D eigenvalue weighted by molar-refractivity contribution is 7.26. The van der Waals surface area contributed by atoms with Gasteiger partial charge in [0.1, 0.15) is 0 Å². The molecule has 3 nitrogen and oxygen atoms in total. The first-order chi connectivity index (χ1) is 21.8. The van der Waals surface area contributed by atoms with Gasteiger partial charge in [-0.05, 0) is 64.0 Å². The average Bonchev–Trinajstić information content (AvgIpc) is 3.60. The van der Waals surface area contributed by atoms with Crippen LogP contribution in [0.15, 0.2) is 140 Å². The van der Waals surface area contributed by atoms with Gasteiger partial charge < -0.3 is 0 Å². The van der Waals surface area contributed by atoms with Crippen LogP contribution >= 0.6 is 11.3 Å². The average molecular weight is 578 g/mol. The Bertz CT molecular complexity index is 2790. The third-order valence-corrected chi connectivity index (χ3v) is 10.1. The van der Waals surface area contributed by atoms with Crippen molar-refractivity contribution in [1.29, 1.82) is 0 Å². The molecule has 0 N–H and O–H groups in total. The summed E-state index contributed by atoms with van der Waals surface area (Å²) in [5.74, 6) is 0.683. The van der Waals surface area contributed by atoms with Crippen LogP contribution in [0.4, 0.5) is 0 Å². The maximum atomic E-state index is 5.45. The van der Waals surface area contributed by atoms with E-state index in [1.807, 2.05) is 11.3 Å². The largest absolute Gasteiger partial charge is 0.278 e. The number of nitrogens with zero attached hydrogens (tertiary/aromatic N) is 3. The summed E-state index contributed by atoms with van der Waals surface area (Å²) in [7, 11) is 0. The molecular weight excluding hydrogens is 555 g/mol. The van der Waals surface area contributed by atoms with Crippen molar-refractivity contribution in [2.24, 2.45) is 0 Å². The number of fused-ring (bicyclic) bond motifs is 9. The monoisotopic (exact) mass is 577 g/mol. The predicted molar refractivity (Wildman–Crippen MR) is 187 cm³/mol. The first-order valence-corrected chi connectivity index (χ1v) is 15.7. The smallest absolute Gasteiger partial charge is 0.235 e. The van der Waals surface area contributed by atoms with Crippen molar-refractivity contribution in [1.82, 2.24) is 14.5 Å². The van der Waals surface area contributed by atoms with Crippen molar-refractivity contribution in [2.75, 3.05) is 0 Å². The number of rotatable bonds is 2. The van der Waals surface area contributed by atoms with E-state index in [1.54, 1.807) is 0 Å². The molecule has 3 heterocycles. The lowest BCUT2D eigenvalue weighted by molar-refractivity contribution is 1.01. The number of hydrogen-bond acceptors (Lipinski definition) is 3. The minimum Gasteiger partial charge on any atom is -0.278 e. The van der Waals surface area contributed by atoms with E-state index in [-0.39, 0.29) is 0 Å². The molecule has 10 aromatic rings. The van der Waals surface area contributed by atoms with Gasteiger partial charge in [-0.15, -0.1) is 11.3 Å². The molecule has 3 aromatic heterocycles. The molecule has 10 rings (SSSR count). The zero-order chi connectivity index (χ0) is 28.8. The molecule has 44 heavy (non-hydrogen) atoms. The van der Waals surface area contributed by atoms with E-state index in [0.717, 1.165) is 33.2 Å². The van der Waals surface area contributed by atoms with Crippen LogP contribution in [0.25, 0.3) is 91.6 Å². The third-order valence-electron chi connectivity index (χ3n) is 8.95.